The van der Waals surface area contributed by atoms with Gasteiger partial charge in [-0.2, -0.15) is 0 Å². The van der Waals surface area contributed by atoms with Gasteiger partial charge in [0.15, 0.2) is 0 Å². The van der Waals surface area contributed by atoms with E-state index >= 15 is 0 Å². The van der Waals surface area contributed by atoms with Crippen molar-refractivity contribution in [3.05, 3.63) is 21.9 Å². The summed E-state index contributed by atoms with van der Waals surface area (Å²) in [5.74, 6) is 0.192. The Bertz CT molecular complexity index is 385. The molecule has 1 aliphatic rings. The van der Waals surface area contributed by atoms with E-state index in [2.05, 4.69) is 37.5 Å². The van der Waals surface area contributed by atoms with Crippen molar-refractivity contribution in [3.8, 4) is 0 Å². The van der Waals surface area contributed by atoms with Gasteiger partial charge >= 0.3 is 0 Å². The molecule has 82 valence electrons. The van der Waals surface area contributed by atoms with Crippen LogP contribution in [0.25, 0.3) is 0 Å². The van der Waals surface area contributed by atoms with Gasteiger partial charge in [0.1, 0.15) is 0 Å². The highest BCUT2D eigenvalue weighted by Crippen LogP contribution is 2.41. The van der Waals surface area contributed by atoms with E-state index in [1.54, 1.807) is 11.3 Å². The highest BCUT2D eigenvalue weighted by Gasteiger charge is 2.44. The zero-order valence-electron chi connectivity index (χ0n) is 9.46. The molecule has 2 heterocycles. The summed E-state index contributed by atoms with van der Waals surface area (Å²) in [6, 6.07) is 2.43. The van der Waals surface area contributed by atoms with Crippen molar-refractivity contribution in [1.82, 2.24) is 5.32 Å². The van der Waals surface area contributed by atoms with Gasteiger partial charge in [-0.25, -0.2) is 0 Å². The zero-order valence-corrected chi connectivity index (χ0v) is 10.3. The summed E-state index contributed by atoms with van der Waals surface area (Å²) in [6.45, 7) is 6.47. The molecule has 0 spiro atoms. The second-order valence-electron chi connectivity index (χ2n) is 4.56. The molecule has 1 aromatic rings. The third kappa shape index (κ3) is 1.59. The van der Waals surface area contributed by atoms with Crippen molar-refractivity contribution in [2.24, 2.45) is 0 Å². The first kappa shape index (κ1) is 10.7. The van der Waals surface area contributed by atoms with Crippen LogP contribution in [0, 0.1) is 6.92 Å². The van der Waals surface area contributed by atoms with Gasteiger partial charge in [-0.1, -0.05) is 13.8 Å². The van der Waals surface area contributed by atoms with Crippen molar-refractivity contribution in [2.45, 2.75) is 45.1 Å². The SMILES string of the molecule is CCC1NC(=O)CC1(C)c1sccc1C. The molecule has 2 nitrogen and oxygen atoms in total. The first-order valence-electron chi connectivity index (χ1n) is 5.42. The average Bonchev–Trinajstić information content (AvgIpc) is 2.71. The maximum absolute atomic E-state index is 11.5. The summed E-state index contributed by atoms with van der Waals surface area (Å²) in [4.78, 5) is 12.9. The number of rotatable bonds is 2. The minimum Gasteiger partial charge on any atom is -0.352 e. The molecular formula is C12H17NOS. The highest BCUT2D eigenvalue weighted by molar-refractivity contribution is 7.10. The fourth-order valence-electron chi connectivity index (χ4n) is 2.61. The second kappa shape index (κ2) is 3.63. The van der Waals surface area contributed by atoms with E-state index in [-0.39, 0.29) is 11.3 Å². The van der Waals surface area contributed by atoms with Crippen LogP contribution in [0.4, 0.5) is 0 Å². The second-order valence-corrected chi connectivity index (χ2v) is 5.47. The molecule has 1 fully saturated rings. The fraction of sp³-hybridized carbons (Fsp3) is 0.583. The monoisotopic (exact) mass is 223 g/mol. The number of amides is 1. The molecule has 2 unspecified atom stereocenters. The summed E-state index contributed by atoms with van der Waals surface area (Å²) in [5, 5.41) is 5.19. The van der Waals surface area contributed by atoms with Gasteiger partial charge in [0.05, 0.1) is 0 Å². The summed E-state index contributed by atoms with van der Waals surface area (Å²) in [7, 11) is 0. The lowest BCUT2D eigenvalue weighted by molar-refractivity contribution is -0.119. The topological polar surface area (TPSA) is 29.1 Å². The van der Waals surface area contributed by atoms with Crippen LogP contribution in [-0.4, -0.2) is 11.9 Å². The van der Waals surface area contributed by atoms with Crippen molar-refractivity contribution in [2.75, 3.05) is 0 Å². The molecule has 1 saturated heterocycles. The van der Waals surface area contributed by atoms with Crippen molar-refractivity contribution < 1.29 is 4.79 Å². The minimum atomic E-state index is 0.00405. The van der Waals surface area contributed by atoms with Gasteiger partial charge < -0.3 is 5.32 Å². The summed E-state index contributed by atoms with van der Waals surface area (Å²) in [6.07, 6.45) is 1.63. The fourth-order valence-corrected chi connectivity index (χ4v) is 3.76. The van der Waals surface area contributed by atoms with Crippen LogP contribution in [0.1, 0.15) is 37.1 Å². The Morgan fingerprint density at radius 3 is 2.93 bits per heavy atom. The Morgan fingerprint density at radius 1 is 1.67 bits per heavy atom. The molecule has 0 aromatic carbocycles. The summed E-state index contributed by atoms with van der Waals surface area (Å²) >= 11 is 1.77. The number of hydrogen-bond donors (Lipinski definition) is 1. The van der Waals surface area contributed by atoms with E-state index in [1.165, 1.54) is 10.4 Å². The predicted octanol–water partition coefficient (Wildman–Crippen LogP) is 2.61. The van der Waals surface area contributed by atoms with Crippen LogP contribution < -0.4 is 5.32 Å². The van der Waals surface area contributed by atoms with Gasteiger partial charge in [0.25, 0.3) is 0 Å². The van der Waals surface area contributed by atoms with E-state index in [0.717, 1.165) is 6.42 Å². The third-order valence-electron chi connectivity index (χ3n) is 3.42. The van der Waals surface area contributed by atoms with Crippen molar-refractivity contribution >= 4 is 17.2 Å². The average molecular weight is 223 g/mol. The van der Waals surface area contributed by atoms with Crippen molar-refractivity contribution in [3.63, 3.8) is 0 Å². The van der Waals surface area contributed by atoms with Crippen LogP contribution in [0.15, 0.2) is 11.4 Å². The van der Waals surface area contributed by atoms with E-state index in [9.17, 15) is 4.79 Å². The predicted molar refractivity (Wildman–Crippen MR) is 63.2 cm³/mol. The summed E-state index contributed by atoms with van der Waals surface area (Å²) < 4.78 is 0. The molecule has 15 heavy (non-hydrogen) atoms. The number of thiophene rings is 1. The molecule has 1 amide bonds. The number of carbonyl (C=O) groups excluding carboxylic acids is 1. The standard InChI is InChI=1S/C12H17NOS/c1-4-9-12(3,7-10(14)13-9)11-8(2)5-6-15-11/h5-6,9H,4,7H2,1-3H3,(H,13,14). The van der Waals surface area contributed by atoms with Crippen LogP contribution >= 0.6 is 11.3 Å². The van der Waals surface area contributed by atoms with Crippen LogP contribution in [0.3, 0.4) is 0 Å². The molecule has 0 aliphatic carbocycles. The smallest absolute Gasteiger partial charge is 0.221 e. The molecule has 0 saturated carbocycles. The van der Waals surface area contributed by atoms with Gasteiger partial charge in [0, 0.05) is 22.8 Å². The minimum absolute atomic E-state index is 0.00405. The molecule has 2 rings (SSSR count). The number of hydrogen-bond acceptors (Lipinski definition) is 2. The van der Waals surface area contributed by atoms with E-state index < -0.39 is 0 Å². The van der Waals surface area contributed by atoms with Gasteiger partial charge in [-0.15, -0.1) is 11.3 Å². The van der Waals surface area contributed by atoms with Crippen LogP contribution in [-0.2, 0) is 10.2 Å². The Kier molecular flexibility index (Phi) is 2.59. The Hall–Kier alpha value is -0.830. The van der Waals surface area contributed by atoms with Gasteiger partial charge in [0.2, 0.25) is 5.91 Å². The van der Waals surface area contributed by atoms with Gasteiger partial charge in [-0.05, 0) is 30.4 Å². The first-order valence-corrected chi connectivity index (χ1v) is 6.30. The molecule has 2 atom stereocenters. The Morgan fingerprint density at radius 2 is 2.40 bits per heavy atom. The Labute approximate surface area is 94.7 Å². The number of aryl methyl sites for hydroxylation is 1. The normalized spacial score (nSPS) is 30.6. The molecular weight excluding hydrogens is 206 g/mol. The van der Waals surface area contributed by atoms with E-state index in [4.69, 9.17) is 0 Å². The maximum atomic E-state index is 11.5. The van der Waals surface area contributed by atoms with Crippen molar-refractivity contribution in [1.29, 1.82) is 0 Å². The Balaban J connectivity index is 2.41. The van der Waals surface area contributed by atoms with Gasteiger partial charge in [-0.3, -0.25) is 4.79 Å². The first-order chi connectivity index (χ1) is 7.08. The lowest BCUT2D eigenvalue weighted by Gasteiger charge is -2.29. The lowest BCUT2D eigenvalue weighted by atomic mass is 9.78. The highest BCUT2D eigenvalue weighted by atomic mass is 32.1. The molecule has 1 aliphatic heterocycles. The molecule has 1 N–H and O–H groups in total. The van der Waals surface area contributed by atoms with E-state index in [1.807, 2.05) is 0 Å². The van der Waals surface area contributed by atoms with E-state index in [0.29, 0.717) is 12.5 Å². The molecule has 0 bridgehead atoms. The number of carbonyl (C=O) groups is 1. The molecule has 3 heteroatoms. The van der Waals surface area contributed by atoms with Crippen LogP contribution in [0.5, 0.6) is 0 Å². The zero-order chi connectivity index (χ0) is 11.1. The van der Waals surface area contributed by atoms with Crippen LogP contribution in [0.2, 0.25) is 0 Å². The lowest BCUT2D eigenvalue weighted by Crippen LogP contribution is -2.37. The molecule has 0 radical (unpaired) electrons. The largest absolute Gasteiger partial charge is 0.352 e. The third-order valence-corrected chi connectivity index (χ3v) is 4.72. The summed E-state index contributed by atoms with van der Waals surface area (Å²) in [5.41, 5.74) is 1.32. The quantitative estimate of drug-likeness (QED) is 0.820. The molecule has 1 aromatic heterocycles. The maximum Gasteiger partial charge on any atom is 0.221 e. The number of nitrogens with one attached hydrogen (secondary N) is 1.